The monoisotopic (exact) mass is 414 g/mol. The Morgan fingerprint density at radius 2 is 1.90 bits per heavy atom. The van der Waals surface area contributed by atoms with Crippen molar-refractivity contribution >= 4 is 22.7 Å². The largest absolute Gasteiger partial charge is 0.504 e. The molecule has 7 nitrogen and oxygen atoms in total. The van der Waals surface area contributed by atoms with Crippen LogP contribution in [-0.2, 0) is 0 Å². The van der Waals surface area contributed by atoms with E-state index >= 15 is 0 Å². The molecule has 0 fully saturated rings. The number of aryl methyl sites for hydroxylation is 1. The van der Waals surface area contributed by atoms with Crippen LogP contribution in [0.5, 0.6) is 11.5 Å². The quantitative estimate of drug-likeness (QED) is 0.546. The minimum Gasteiger partial charge on any atom is -0.504 e. The van der Waals surface area contributed by atoms with Gasteiger partial charge >= 0.3 is 0 Å². The van der Waals surface area contributed by atoms with Gasteiger partial charge in [0.25, 0.3) is 5.91 Å². The second-order valence-electron chi connectivity index (χ2n) is 7.37. The fraction of sp³-hybridized carbons (Fsp3) is 0.125. The molecule has 7 heteroatoms. The van der Waals surface area contributed by atoms with E-state index in [0.29, 0.717) is 22.4 Å². The SMILES string of the molecule is COc1cc(C2c3c(oc4ccccc4c3=O)C(=O)N2c2cc(C)ccn2)ccc1O. The Morgan fingerprint density at radius 1 is 1.10 bits per heavy atom. The Labute approximate surface area is 177 Å². The topological polar surface area (TPSA) is 92.9 Å². The maximum atomic E-state index is 13.5. The lowest BCUT2D eigenvalue weighted by atomic mass is 9.98. The van der Waals surface area contributed by atoms with Crippen LogP contribution in [0, 0.1) is 6.92 Å². The number of para-hydroxylation sites is 1. The number of amides is 1. The summed E-state index contributed by atoms with van der Waals surface area (Å²) >= 11 is 0. The zero-order valence-corrected chi connectivity index (χ0v) is 16.8. The minimum atomic E-state index is -0.785. The molecule has 0 aliphatic carbocycles. The van der Waals surface area contributed by atoms with Crippen molar-refractivity contribution in [1.82, 2.24) is 4.98 Å². The van der Waals surface area contributed by atoms with Crippen LogP contribution in [0.4, 0.5) is 5.82 Å². The van der Waals surface area contributed by atoms with Gasteiger partial charge in [0.05, 0.1) is 24.1 Å². The molecule has 0 radical (unpaired) electrons. The molecule has 0 bridgehead atoms. The predicted molar refractivity (Wildman–Crippen MR) is 115 cm³/mol. The first-order valence-electron chi connectivity index (χ1n) is 9.68. The summed E-state index contributed by atoms with van der Waals surface area (Å²) in [5.41, 5.74) is 1.81. The van der Waals surface area contributed by atoms with Gasteiger partial charge in [-0.05, 0) is 54.4 Å². The van der Waals surface area contributed by atoms with Crippen LogP contribution in [0.25, 0.3) is 11.0 Å². The number of nitrogens with zero attached hydrogens (tertiary/aromatic N) is 2. The van der Waals surface area contributed by atoms with Crippen molar-refractivity contribution in [3.63, 3.8) is 0 Å². The molecule has 3 heterocycles. The van der Waals surface area contributed by atoms with Gasteiger partial charge in [0.1, 0.15) is 11.4 Å². The molecule has 1 unspecified atom stereocenters. The fourth-order valence-electron chi connectivity index (χ4n) is 3.99. The lowest BCUT2D eigenvalue weighted by molar-refractivity contribution is 0.0970. The Balaban J connectivity index is 1.83. The highest BCUT2D eigenvalue weighted by Crippen LogP contribution is 2.42. The maximum absolute atomic E-state index is 13.5. The number of aromatic nitrogens is 1. The van der Waals surface area contributed by atoms with Crippen LogP contribution < -0.4 is 15.1 Å². The van der Waals surface area contributed by atoms with Crippen molar-refractivity contribution in [2.24, 2.45) is 0 Å². The smallest absolute Gasteiger partial charge is 0.296 e. The number of carbonyl (C=O) groups excluding carboxylic acids is 1. The van der Waals surface area contributed by atoms with Crippen LogP contribution in [0.2, 0.25) is 0 Å². The van der Waals surface area contributed by atoms with Crippen LogP contribution in [0.1, 0.15) is 33.3 Å². The van der Waals surface area contributed by atoms with Gasteiger partial charge in [-0.25, -0.2) is 4.98 Å². The van der Waals surface area contributed by atoms with E-state index in [4.69, 9.17) is 9.15 Å². The average molecular weight is 414 g/mol. The molecule has 1 amide bonds. The summed E-state index contributed by atoms with van der Waals surface area (Å²) in [6.07, 6.45) is 1.61. The second kappa shape index (κ2) is 6.98. The molecule has 1 aliphatic heterocycles. The number of aromatic hydroxyl groups is 1. The number of pyridine rings is 1. The van der Waals surface area contributed by atoms with Gasteiger partial charge in [0, 0.05) is 6.20 Å². The van der Waals surface area contributed by atoms with E-state index in [-0.39, 0.29) is 28.3 Å². The van der Waals surface area contributed by atoms with E-state index < -0.39 is 11.9 Å². The van der Waals surface area contributed by atoms with Crippen LogP contribution >= 0.6 is 0 Å². The molecule has 31 heavy (non-hydrogen) atoms. The number of rotatable bonds is 3. The van der Waals surface area contributed by atoms with Crippen molar-refractivity contribution in [3.05, 3.63) is 93.5 Å². The molecule has 0 saturated carbocycles. The first kappa shape index (κ1) is 18.9. The van der Waals surface area contributed by atoms with Gasteiger partial charge in [-0.1, -0.05) is 18.2 Å². The van der Waals surface area contributed by atoms with Gasteiger partial charge < -0.3 is 14.3 Å². The molecular weight excluding hydrogens is 396 g/mol. The normalized spacial score (nSPS) is 15.4. The molecule has 2 aromatic heterocycles. The number of methoxy groups -OCH3 is 1. The van der Waals surface area contributed by atoms with Crippen LogP contribution in [0.3, 0.4) is 0 Å². The summed E-state index contributed by atoms with van der Waals surface area (Å²) in [6.45, 7) is 1.90. The van der Waals surface area contributed by atoms with E-state index in [0.717, 1.165) is 5.56 Å². The molecule has 0 saturated heterocycles. The Hall–Kier alpha value is -4.13. The maximum Gasteiger partial charge on any atom is 0.296 e. The molecule has 4 aromatic rings. The molecule has 1 aliphatic rings. The summed E-state index contributed by atoms with van der Waals surface area (Å²) < 4.78 is 11.2. The molecule has 0 spiro atoms. The van der Waals surface area contributed by atoms with Crippen molar-refractivity contribution in [3.8, 4) is 11.5 Å². The number of hydrogen-bond acceptors (Lipinski definition) is 6. The highest BCUT2D eigenvalue weighted by atomic mass is 16.5. The number of benzene rings is 2. The zero-order chi connectivity index (χ0) is 21.7. The third-order valence-corrected chi connectivity index (χ3v) is 5.44. The van der Waals surface area contributed by atoms with Crippen molar-refractivity contribution in [2.45, 2.75) is 13.0 Å². The lowest BCUT2D eigenvalue weighted by Crippen LogP contribution is -2.30. The lowest BCUT2D eigenvalue weighted by Gasteiger charge is -2.24. The van der Waals surface area contributed by atoms with E-state index in [2.05, 4.69) is 4.98 Å². The third kappa shape index (κ3) is 2.85. The third-order valence-electron chi connectivity index (χ3n) is 5.44. The number of hydrogen-bond donors (Lipinski definition) is 1. The van der Waals surface area contributed by atoms with Gasteiger partial charge in [0.2, 0.25) is 5.76 Å². The number of phenols is 1. The Kier molecular flexibility index (Phi) is 4.25. The van der Waals surface area contributed by atoms with Gasteiger partial charge in [-0.3, -0.25) is 14.5 Å². The summed E-state index contributed by atoms with van der Waals surface area (Å²) in [6, 6.07) is 14.4. The highest BCUT2D eigenvalue weighted by molar-refractivity contribution is 6.10. The van der Waals surface area contributed by atoms with Gasteiger partial charge in [0.15, 0.2) is 16.9 Å². The van der Waals surface area contributed by atoms with Gasteiger partial charge in [-0.2, -0.15) is 0 Å². The molecule has 154 valence electrons. The van der Waals surface area contributed by atoms with Crippen molar-refractivity contribution in [1.29, 1.82) is 0 Å². The second-order valence-corrected chi connectivity index (χ2v) is 7.37. The van der Waals surface area contributed by atoms with Crippen molar-refractivity contribution in [2.75, 3.05) is 12.0 Å². The summed E-state index contributed by atoms with van der Waals surface area (Å²) in [5.74, 6) is 0.135. The summed E-state index contributed by atoms with van der Waals surface area (Å²) in [7, 11) is 1.44. The molecular formula is C24H18N2O5. The fourth-order valence-corrected chi connectivity index (χ4v) is 3.99. The molecule has 5 rings (SSSR count). The number of ether oxygens (including phenoxy) is 1. The van der Waals surface area contributed by atoms with E-state index in [1.165, 1.54) is 18.1 Å². The first-order valence-corrected chi connectivity index (χ1v) is 9.68. The van der Waals surface area contributed by atoms with E-state index in [1.54, 1.807) is 48.7 Å². The van der Waals surface area contributed by atoms with E-state index in [9.17, 15) is 14.7 Å². The molecule has 2 aromatic carbocycles. The Morgan fingerprint density at radius 3 is 2.68 bits per heavy atom. The first-order chi connectivity index (χ1) is 15.0. The standard InChI is InChI=1S/C24H18N2O5/c1-13-9-10-25-19(11-13)26-21(14-7-8-16(27)18(12-14)30-2)20-22(28)15-5-3-4-6-17(15)31-23(20)24(26)29/h3-12,21,27H,1-2H3. The number of carbonyl (C=O) groups is 1. The molecule has 1 atom stereocenters. The Bertz CT molecular complexity index is 1410. The number of phenolic OH excluding ortho intramolecular Hbond substituents is 1. The number of fused-ring (bicyclic) bond motifs is 2. The summed E-state index contributed by atoms with van der Waals surface area (Å²) in [4.78, 5) is 32.8. The minimum absolute atomic E-state index is 0.0101. The van der Waals surface area contributed by atoms with Crippen molar-refractivity contribution < 1.29 is 19.1 Å². The average Bonchev–Trinajstić information content (AvgIpc) is 3.07. The highest BCUT2D eigenvalue weighted by Gasteiger charge is 2.44. The van der Waals surface area contributed by atoms with Crippen LogP contribution in [0.15, 0.2) is 70.0 Å². The van der Waals surface area contributed by atoms with Crippen LogP contribution in [-0.4, -0.2) is 23.1 Å². The van der Waals surface area contributed by atoms with Gasteiger partial charge in [-0.15, -0.1) is 0 Å². The number of anilines is 1. The zero-order valence-electron chi connectivity index (χ0n) is 16.8. The van der Waals surface area contributed by atoms with E-state index in [1.807, 2.05) is 13.0 Å². The molecule has 1 N–H and O–H groups in total. The summed E-state index contributed by atoms with van der Waals surface area (Å²) in [5, 5.41) is 10.4. The predicted octanol–water partition coefficient (Wildman–Crippen LogP) is 3.96.